The molecule has 176 valence electrons. The minimum Gasteiger partial charge on any atom is -0.497 e. The zero-order valence-corrected chi connectivity index (χ0v) is 18.3. The van der Waals surface area contributed by atoms with Crippen molar-refractivity contribution in [3.63, 3.8) is 0 Å². The third kappa shape index (κ3) is 3.62. The van der Waals surface area contributed by atoms with Gasteiger partial charge < -0.3 is 5.11 Å². The molecular formula is C26H15N3O7. The number of aromatic hydroxyl groups is 1. The second-order valence-corrected chi connectivity index (χ2v) is 8.06. The number of rotatable bonds is 3. The van der Waals surface area contributed by atoms with Crippen LogP contribution < -0.4 is 0 Å². The lowest BCUT2D eigenvalue weighted by Crippen LogP contribution is -1.97. The highest BCUT2D eigenvalue weighted by molar-refractivity contribution is 6.28. The Balaban J connectivity index is 0.000000153. The molecule has 0 heterocycles. The van der Waals surface area contributed by atoms with E-state index in [0.717, 1.165) is 0 Å². The van der Waals surface area contributed by atoms with Crippen molar-refractivity contribution in [2.45, 2.75) is 0 Å². The van der Waals surface area contributed by atoms with Crippen molar-refractivity contribution in [1.82, 2.24) is 0 Å². The number of nitrogens with zero attached hydrogens (tertiary/aromatic N) is 3. The number of phenols is 1. The number of non-ortho nitro benzene ring substituents is 1. The molecule has 0 aliphatic rings. The minimum atomic E-state index is -1.21. The fraction of sp³-hybridized carbons (Fsp3) is 0. The molecule has 0 spiro atoms. The second kappa shape index (κ2) is 8.44. The van der Waals surface area contributed by atoms with Crippen molar-refractivity contribution in [2.75, 3.05) is 0 Å². The van der Waals surface area contributed by atoms with E-state index in [1.807, 2.05) is 0 Å². The topological polar surface area (TPSA) is 150 Å². The van der Waals surface area contributed by atoms with Crippen LogP contribution in [0.5, 0.6) is 5.75 Å². The van der Waals surface area contributed by atoms with Gasteiger partial charge in [-0.15, -0.1) is 0 Å². The summed E-state index contributed by atoms with van der Waals surface area (Å²) in [6.45, 7) is 0. The summed E-state index contributed by atoms with van der Waals surface area (Å²) < 4.78 is 0. The third-order valence-electron chi connectivity index (χ3n) is 6.03. The van der Waals surface area contributed by atoms with Crippen molar-refractivity contribution in [2.24, 2.45) is 0 Å². The van der Waals surface area contributed by atoms with Gasteiger partial charge >= 0.3 is 11.4 Å². The number of nitro benzene ring substituents is 3. The summed E-state index contributed by atoms with van der Waals surface area (Å²) >= 11 is 0. The first-order valence-electron chi connectivity index (χ1n) is 10.6. The zero-order chi connectivity index (χ0) is 25.6. The molecule has 10 nitrogen and oxygen atoms in total. The van der Waals surface area contributed by atoms with E-state index in [9.17, 15) is 30.3 Å². The molecular weight excluding hydrogens is 466 g/mol. The molecule has 0 radical (unpaired) electrons. The first-order chi connectivity index (χ1) is 17.3. The molecule has 0 saturated carbocycles. The fourth-order valence-electron chi connectivity index (χ4n) is 4.46. The molecule has 6 rings (SSSR count). The molecule has 0 saturated heterocycles. The molecule has 0 atom stereocenters. The highest BCUT2D eigenvalue weighted by atomic mass is 16.6. The van der Waals surface area contributed by atoms with E-state index >= 15 is 0 Å². The molecule has 0 aliphatic carbocycles. The van der Waals surface area contributed by atoms with E-state index in [1.165, 1.54) is 43.1 Å². The SMILES string of the molecule is O=[N+]([O-])c1cc([N+](=O)[O-])c(O)c([N+](=O)[O-])c1.c1ccc2c(c1)cc1ccc3cccc4ccc2c1c34. The van der Waals surface area contributed by atoms with E-state index in [1.54, 1.807) is 0 Å². The van der Waals surface area contributed by atoms with Gasteiger partial charge in [-0.2, -0.15) is 0 Å². The van der Waals surface area contributed by atoms with Crippen LogP contribution in [0, 0.1) is 30.3 Å². The van der Waals surface area contributed by atoms with Gasteiger partial charge in [-0.1, -0.05) is 66.7 Å². The second-order valence-electron chi connectivity index (χ2n) is 8.06. The Bertz CT molecular complexity index is 1800. The molecule has 0 aromatic heterocycles. The lowest BCUT2D eigenvalue weighted by Gasteiger charge is -2.12. The lowest BCUT2D eigenvalue weighted by molar-refractivity contribution is -0.404. The fourth-order valence-corrected chi connectivity index (χ4v) is 4.46. The van der Waals surface area contributed by atoms with Gasteiger partial charge in [0.2, 0.25) is 0 Å². The molecule has 6 aromatic carbocycles. The van der Waals surface area contributed by atoms with Crippen molar-refractivity contribution < 1.29 is 19.9 Å². The highest BCUT2D eigenvalue weighted by Crippen LogP contribution is 2.39. The highest BCUT2D eigenvalue weighted by Gasteiger charge is 2.30. The average Bonchev–Trinajstić information content (AvgIpc) is 2.87. The molecule has 0 aliphatic heterocycles. The van der Waals surface area contributed by atoms with Crippen molar-refractivity contribution in [3.05, 3.63) is 115 Å². The number of nitro groups is 3. The maximum atomic E-state index is 10.4. The quantitative estimate of drug-likeness (QED) is 0.126. The maximum Gasteiger partial charge on any atom is 0.324 e. The number of hydrogen-bond donors (Lipinski definition) is 1. The van der Waals surface area contributed by atoms with Crippen LogP contribution in [0.3, 0.4) is 0 Å². The van der Waals surface area contributed by atoms with Gasteiger partial charge in [0, 0.05) is 0 Å². The van der Waals surface area contributed by atoms with Crippen LogP contribution in [0.1, 0.15) is 0 Å². The third-order valence-corrected chi connectivity index (χ3v) is 6.03. The number of fused-ring (bicyclic) bond motifs is 2. The number of phenolic OH excluding ortho intramolecular Hbond substituents is 1. The molecule has 6 aromatic rings. The summed E-state index contributed by atoms with van der Waals surface area (Å²) in [6.07, 6.45) is 0. The Labute approximate surface area is 201 Å². The van der Waals surface area contributed by atoms with Gasteiger partial charge in [-0.25, -0.2) is 0 Å². The molecule has 36 heavy (non-hydrogen) atoms. The van der Waals surface area contributed by atoms with Crippen LogP contribution >= 0.6 is 0 Å². The molecule has 0 unspecified atom stereocenters. The smallest absolute Gasteiger partial charge is 0.324 e. The average molecular weight is 481 g/mol. The largest absolute Gasteiger partial charge is 0.497 e. The van der Waals surface area contributed by atoms with Crippen LogP contribution in [0.15, 0.2) is 84.9 Å². The maximum absolute atomic E-state index is 10.4. The van der Waals surface area contributed by atoms with Crippen LogP contribution in [-0.4, -0.2) is 19.9 Å². The summed E-state index contributed by atoms with van der Waals surface area (Å²) in [5.74, 6) is -1.21. The van der Waals surface area contributed by atoms with E-state index < -0.39 is 37.6 Å². The Morgan fingerprint density at radius 1 is 0.528 bits per heavy atom. The van der Waals surface area contributed by atoms with E-state index in [4.69, 9.17) is 5.11 Å². The Hall–Kier alpha value is -5.38. The van der Waals surface area contributed by atoms with Crippen molar-refractivity contribution in [1.29, 1.82) is 0 Å². The van der Waals surface area contributed by atoms with Gasteiger partial charge in [0.05, 0.1) is 26.9 Å². The summed E-state index contributed by atoms with van der Waals surface area (Å²) in [5, 5.41) is 51.0. The lowest BCUT2D eigenvalue weighted by atomic mass is 9.91. The van der Waals surface area contributed by atoms with Crippen LogP contribution in [0.2, 0.25) is 0 Å². The van der Waals surface area contributed by atoms with Gasteiger partial charge in [0.15, 0.2) is 0 Å². The molecule has 0 amide bonds. The van der Waals surface area contributed by atoms with Crippen LogP contribution in [0.4, 0.5) is 17.1 Å². The van der Waals surface area contributed by atoms with Crippen molar-refractivity contribution in [3.8, 4) is 5.75 Å². The Morgan fingerprint density at radius 3 is 1.69 bits per heavy atom. The number of benzene rings is 6. The zero-order valence-electron chi connectivity index (χ0n) is 18.3. The standard InChI is InChI=1S/C20H12.C6H3N3O7/c1-2-7-17-15(4-1)12-16-9-8-13-5-3-6-14-10-11-18(17)20(16)19(13)14;10-6-4(8(13)14)1-3(7(11)12)2-5(6)9(15)16/h1-12H;1-2,10H. The monoisotopic (exact) mass is 481 g/mol. The van der Waals surface area contributed by atoms with E-state index in [-0.39, 0.29) is 0 Å². The predicted octanol–water partition coefficient (Wildman–Crippen LogP) is 6.85. The Morgan fingerprint density at radius 2 is 1.08 bits per heavy atom. The minimum absolute atomic E-state index is 0.447. The molecule has 10 heteroatoms. The van der Waals surface area contributed by atoms with Gasteiger partial charge in [-0.3, -0.25) is 30.3 Å². The van der Waals surface area contributed by atoms with Crippen LogP contribution in [-0.2, 0) is 0 Å². The van der Waals surface area contributed by atoms with Gasteiger partial charge in [0.1, 0.15) is 0 Å². The van der Waals surface area contributed by atoms with Crippen molar-refractivity contribution >= 4 is 60.2 Å². The molecule has 1 N–H and O–H groups in total. The summed E-state index contributed by atoms with van der Waals surface area (Å²) in [5.41, 5.74) is -3.00. The Kier molecular flexibility index (Phi) is 5.25. The van der Waals surface area contributed by atoms with E-state index in [0.29, 0.717) is 12.1 Å². The molecule has 0 bridgehead atoms. The molecule has 0 fully saturated rings. The summed E-state index contributed by atoms with van der Waals surface area (Å²) in [6, 6.07) is 27.4. The normalized spacial score (nSPS) is 11.0. The van der Waals surface area contributed by atoms with Gasteiger partial charge in [-0.05, 0) is 49.2 Å². The van der Waals surface area contributed by atoms with Crippen LogP contribution in [0.25, 0.3) is 43.1 Å². The predicted molar refractivity (Wildman–Crippen MR) is 136 cm³/mol. The summed E-state index contributed by atoms with van der Waals surface area (Å²) in [4.78, 5) is 27.8. The summed E-state index contributed by atoms with van der Waals surface area (Å²) in [7, 11) is 0. The van der Waals surface area contributed by atoms with E-state index in [2.05, 4.69) is 72.8 Å². The van der Waals surface area contributed by atoms with Gasteiger partial charge in [0.25, 0.3) is 11.4 Å². The first kappa shape index (κ1) is 22.4. The number of hydrogen-bond acceptors (Lipinski definition) is 7. The first-order valence-corrected chi connectivity index (χ1v) is 10.6.